The summed E-state index contributed by atoms with van der Waals surface area (Å²) < 4.78 is 11.8. The van der Waals surface area contributed by atoms with Gasteiger partial charge in [-0.2, -0.15) is 60.7 Å². The molecule has 0 aliphatic carbocycles. The van der Waals surface area contributed by atoms with Crippen molar-refractivity contribution in [2.45, 2.75) is 0 Å². The third kappa shape index (κ3) is 9.53. The van der Waals surface area contributed by atoms with Gasteiger partial charge in [-0.1, -0.05) is 0 Å². The van der Waals surface area contributed by atoms with Gasteiger partial charge in [-0.25, -0.2) is 48.5 Å². The SMILES string of the molecule is O=P([O-])([c-]1cccc1)[c-]1cccc1.[Fe+2].[Fe+2].[Na+].c1cc[cH-]c1.c1cc[cH-]c1. The summed E-state index contributed by atoms with van der Waals surface area (Å²) in [4.78, 5) is 11.8. The molecule has 4 aromatic carbocycles. The molecule has 0 unspecified atom stereocenters. The van der Waals surface area contributed by atoms with E-state index in [1.54, 1.807) is 48.5 Å². The van der Waals surface area contributed by atoms with Gasteiger partial charge in [-0.15, -0.1) is 10.6 Å². The van der Waals surface area contributed by atoms with Crippen LogP contribution >= 0.6 is 7.37 Å². The second-order valence-corrected chi connectivity index (χ2v) is 6.90. The fourth-order valence-corrected chi connectivity index (χ4v) is 3.34. The fourth-order valence-electron chi connectivity index (χ4n) is 1.91. The molecule has 0 atom stereocenters. The molecule has 0 aliphatic rings. The second kappa shape index (κ2) is 15.7. The minimum atomic E-state index is -3.55. The van der Waals surface area contributed by atoms with Crippen molar-refractivity contribution in [2.24, 2.45) is 0 Å². The smallest absolute Gasteiger partial charge is 0.810 e. The molecule has 0 aromatic heterocycles. The standard InChI is InChI=1S/C10H9O2P.2C5H5.2Fe.Na/c11-13(12,9-5-1-2-6-9)10-7-3-4-8-10;2*1-2-4-5-3-1;;;/h1-8H,(H,11,12);2*1-5H;;;/q-2;2*-1;2*+2;+1/p-1. The zero-order valence-corrected chi connectivity index (χ0v) is 19.5. The zero-order valence-electron chi connectivity index (χ0n) is 14.4. The Labute approximate surface area is 198 Å². The van der Waals surface area contributed by atoms with Crippen LogP contribution in [0.4, 0.5) is 0 Å². The van der Waals surface area contributed by atoms with Gasteiger partial charge in [-0.05, 0) is 7.37 Å². The molecule has 6 heteroatoms. The van der Waals surface area contributed by atoms with E-state index in [1.807, 2.05) is 60.7 Å². The third-order valence-electron chi connectivity index (χ3n) is 3.08. The second-order valence-electron chi connectivity index (χ2n) is 4.76. The Bertz CT molecular complexity index is 663. The van der Waals surface area contributed by atoms with Crippen LogP contribution in [0, 0.1) is 0 Å². The van der Waals surface area contributed by atoms with Crippen molar-refractivity contribution in [3.05, 3.63) is 109 Å². The first-order valence-corrected chi connectivity index (χ1v) is 8.93. The topological polar surface area (TPSA) is 40.1 Å². The number of hydrogen-bond donors (Lipinski definition) is 0. The number of rotatable bonds is 2. The predicted octanol–water partition coefficient (Wildman–Crippen LogP) is 0.524. The minimum Gasteiger partial charge on any atom is -0.810 e. The molecule has 4 rings (SSSR count). The first kappa shape index (κ1) is 27.8. The van der Waals surface area contributed by atoms with Crippen LogP contribution in [0.3, 0.4) is 0 Å². The van der Waals surface area contributed by atoms with E-state index in [1.165, 1.54) is 0 Å². The largest absolute Gasteiger partial charge is 2.00 e. The third-order valence-corrected chi connectivity index (χ3v) is 5.04. The van der Waals surface area contributed by atoms with Gasteiger partial charge < -0.3 is 9.46 Å². The van der Waals surface area contributed by atoms with Crippen LogP contribution in [-0.4, -0.2) is 0 Å². The Morgan fingerprint density at radius 1 is 0.615 bits per heavy atom. The van der Waals surface area contributed by atoms with Crippen LogP contribution in [0.25, 0.3) is 0 Å². The summed E-state index contributed by atoms with van der Waals surface area (Å²) in [5, 5.41) is 0.775. The summed E-state index contributed by atoms with van der Waals surface area (Å²) in [6.07, 6.45) is 0. The van der Waals surface area contributed by atoms with Crippen molar-refractivity contribution >= 4 is 18.0 Å². The number of hydrogen-bond acceptors (Lipinski definition) is 2. The van der Waals surface area contributed by atoms with Crippen molar-refractivity contribution < 1.29 is 73.2 Å². The Kier molecular flexibility index (Phi) is 16.8. The Balaban J connectivity index is 0. The summed E-state index contributed by atoms with van der Waals surface area (Å²) in [6.45, 7) is 0. The fraction of sp³-hybridized carbons (Fsp3) is 0. The van der Waals surface area contributed by atoms with Gasteiger partial charge in [0, 0.05) is 0 Å². The zero-order chi connectivity index (χ0) is 16.4. The van der Waals surface area contributed by atoms with Gasteiger partial charge in [0.2, 0.25) is 0 Å². The van der Waals surface area contributed by atoms with E-state index in [0.29, 0.717) is 10.6 Å². The van der Waals surface area contributed by atoms with E-state index in [4.69, 9.17) is 0 Å². The molecule has 132 valence electrons. The maximum absolute atomic E-state index is 11.8. The molecule has 0 amide bonds. The van der Waals surface area contributed by atoms with E-state index < -0.39 is 7.37 Å². The Morgan fingerprint density at radius 3 is 1.08 bits per heavy atom. The molecule has 0 radical (unpaired) electrons. The molecule has 2 nitrogen and oxygen atoms in total. The van der Waals surface area contributed by atoms with Crippen LogP contribution in [0.1, 0.15) is 0 Å². The van der Waals surface area contributed by atoms with E-state index in [-0.39, 0.29) is 63.7 Å². The molecule has 26 heavy (non-hydrogen) atoms. The Hall–Kier alpha value is -0.371. The van der Waals surface area contributed by atoms with E-state index in [2.05, 4.69) is 0 Å². The Morgan fingerprint density at radius 2 is 0.885 bits per heavy atom. The van der Waals surface area contributed by atoms with Gasteiger partial charge in [0.1, 0.15) is 0 Å². The van der Waals surface area contributed by atoms with Gasteiger partial charge >= 0.3 is 63.7 Å². The quantitative estimate of drug-likeness (QED) is 0.251. The van der Waals surface area contributed by atoms with Crippen molar-refractivity contribution in [3.63, 3.8) is 0 Å². The first-order valence-electron chi connectivity index (χ1n) is 7.30. The van der Waals surface area contributed by atoms with Crippen LogP contribution in [0.2, 0.25) is 0 Å². The molecular weight excluding hydrogens is 438 g/mol. The van der Waals surface area contributed by atoms with Crippen molar-refractivity contribution in [2.75, 3.05) is 0 Å². The van der Waals surface area contributed by atoms with Crippen LogP contribution in [-0.2, 0) is 38.7 Å². The molecule has 0 spiro atoms. The van der Waals surface area contributed by atoms with Crippen molar-refractivity contribution in [1.82, 2.24) is 0 Å². The van der Waals surface area contributed by atoms with Crippen molar-refractivity contribution in [1.29, 1.82) is 0 Å². The molecule has 0 N–H and O–H groups in total. The minimum absolute atomic E-state index is 0. The predicted molar refractivity (Wildman–Crippen MR) is 95.0 cm³/mol. The summed E-state index contributed by atoms with van der Waals surface area (Å²) in [7, 11) is -3.55. The van der Waals surface area contributed by atoms with Crippen LogP contribution in [0.15, 0.2) is 109 Å². The van der Waals surface area contributed by atoms with Gasteiger partial charge in [-0.3, -0.25) is 0 Å². The molecule has 0 aliphatic heterocycles. The maximum atomic E-state index is 11.8. The molecule has 0 saturated heterocycles. The normalized spacial score (nSPS) is 8.96. The van der Waals surface area contributed by atoms with Crippen molar-refractivity contribution in [3.8, 4) is 0 Å². The van der Waals surface area contributed by atoms with Gasteiger partial charge in [0.15, 0.2) is 0 Å². The van der Waals surface area contributed by atoms with Crippen LogP contribution in [0.5, 0.6) is 0 Å². The molecule has 0 bridgehead atoms. The monoisotopic (exact) mass is 456 g/mol. The van der Waals surface area contributed by atoms with E-state index in [9.17, 15) is 9.46 Å². The molecule has 4 aromatic rings. The summed E-state index contributed by atoms with van der Waals surface area (Å²) in [5.41, 5.74) is 0. The molecule has 0 heterocycles. The maximum Gasteiger partial charge on any atom is 2.00 e. The van der Waals surface area contributed by atoms with Crippen LogP contribution < -0.4 is 45.1 Å². The van der Waals surface area contributed by atoms with Gasteiger partial charge in [0.05, 0.1) is 0 Å². The average Bonchev–Trinajstić information content (AvgIpc) is 3.44. The summed E-state index contributed by atoms with van der Waals surface area (Å²) in [5.74, 6) is 0. The summed E-state index contributed by atoms with van der Waals surface area (Å²) in [6, 6.07) is 33.3. The molecule has 0 fully saturated rings. The first-order chi connectivity index (χ1) is 11.2. The molecular formula is C20H18Fe2NaO2P. The average molecular weight is 456 g/mol. The van der Waals surface area contributed by atoms with E-state index >= 15 is 0 Å². The van der Waals surface area contributed by atoms with E-state index in [0.717, 1.165) is 0 Å². The van der Waals surface area contributed by atoms with Gasteiger partial charge in [0.25, 0.3) is 0 Å². The summed E-state index contributed by atoms with van der Waals surface area (Å²) >= 11 is 0. The molecule has 0 saturated carbocycles.